The lowest BCUT2D eigenvalue weighted by molar-refractivity contribution is -0.143. The van der Waals surface area contributed by atoms with Gasteiger partial charge in [0.1, 0.15) is 17.9 Å². The Balaban J connectivity index is 1.51. The fourth-order valence-electron chi connectivity index (χ4n) is 3.86. The van der Waals surface area contributed by atoms with E-state index >= 15 is 0 Å². The fourth-order valence-corrected chi connectivity index (χ4v) is 3.86. The van der Waals surface area contributed by atoms with E-state index in [1.54, 1.807) is 13.4 Å². The van der Waals surface area contributed by atoms with E-state index in [1.807, 2.05) is 42.5 Å². The summed E-state index contributed by atoms with van der Waals surface area (Å²) >= 11 is 0. The summed E-state index contributed by atoms with van der Waals surface area (Å²) in [6.07, 6.45) is 2.52. The fraction of sp³-hybridized carbons (Fsp3) is 0.250. The standard InChI is InChI=1S/C28H29NO5/c1-31-11-5-12-32-27(30)17-23-7-2-3-9-26(23)34-19-21-15-24-10-13-33-28(24)25(16-21)22-8-4-6-20(14-22)18-29/h2-4,6-10,13-16H,5,11-12,17-19,29H2,1H3. The van der Waals surface area contributed by atoms with Crippen LogP contribution in [0.15, 0.2) is 77.4 Å². The molecule has 0 aliphatic rings. The average Bonchev–Trinajstić information content (AvgIpc) is 3.34. The molecule has 0 unspecified atom stereocenters. The molecule has 0 amide bonds. The van der Waals surface area contributed by atoms with Gasteiger partial charge in [0.05, 0.1) is 19.3 Å². The number of ether oxygens (including phenoxy) is 3. The molecule has 2 N–H and O–H groups in total. The Morgan fingerprint density at radius 1 is 0.971 bits per heavy atom. The SMILES string of the molecule is COCCCOC(=O)Cc1ccccc1OCc1cc(-c2cccc(CN)c2)c2occc2c1. The van der Waals surface area contributed by atoms with E-state index in [2.05, 4.69) is 24.3 Å². The largest absolute Gasteiger partial charge is 0.489 e. The van der Waals surface area contributed by atoms with E-state index in [0.29, 0.717) is 38.5 Å². The Hall–Kier alpha value is -3.61. The number of hydrogen-bond acceptors (Lipinski definition) is 6. The molecule has 0 bridgehead atoms. The zero-order valence-corrected chi connectivity index (χ0v) is 19.3. The maximum absolute atomic E-state index is 12.2. The third-order valence-corrected chi connectivity index (χ3v) is 5.54. The van der Waals surface area contributed by atoms with E-state index in [1.165, 1.54) is 0 Å². The second-order valence-corrected chi connectivity index (χ2v) is 8.03. The maximum atomic E-state index is 12.2. The molecule has 0 saturated heterocycles. The molecule has 0 aliphatic carbocycles. The van der Waals surface area contributed by atoms with Gasteiger partial charge in [-0.05, 0) is 47.0 Å². The van der Waals surface area contributed by atoms with Gasteiger partial charge in [-0.15, -0.1) is 0 Å². The van der Waals surface area contributed by atoms with Crippen molar-refractivity contribution >= 4 is 16.9 Å². The van der Waals surface area contributed by atoms with Crippen LogP contribution in [0.3, 0.4) is 0 Å². The monoisotopic (exact) mass is 459 g/mol. The van der Waals surface area contributed by atoms with E-state index in [0.717, 1.165) is 38.8 Å². The smallest absolute Gasteiger partial charge is 0.310 e. The first-order chi connectivity index (χ1) is 16.7. The summed E-state index contributed by atoms with van der Waals surface area (Å²) in [4.78, 5) is 12.2. The molecule has 1 heterocycles. The maximum Gasteiger partial charge on any atom is 0.310 e. The molecule has 6 heteroatoms. The van der Waals surface area contributed by atoms with Gasteiger partial charge < -0.3 is 24.4 Å². The van der Waals surface area contributed by atoms with Crippen molar-refractivity contribution in [3.63, 3.8) is 0 Å². The van der Waals surface area contributed by atoms with Crippen molar-refractivity contribution in [2.75, 3.05) is 20.3 Å². The van der Waals surface area contributed by atoms with Crippen molar-refractivity contribution in [1.82, 2.24) is 0 Å². The molecule has 0 aliphatic heterocycles. The summed E-state index contributed by atoms with van der Waals surface area (Å²) in [5, 5.41) is 1.00. The minimum atomic E-state index is -0.283. The lowest BCUT2D eigenvalue weighted by atomic mass is 9.99. The number of para-hydroxylation sites is 1. The predicted octanol–water partition coefficient (Wildman–Crippen LogP) is 5.26. The van der Waals surface area contributed by atoms with Crippen LogP contribution in [0.4, 0.5) is 0 Å². The van der Waals surface area contributed by atoms with E-state index in [9.17, 15) is 4.79 Å². The second kappa shape index (κ2) is 11.5. The minimum absolute atomic E-state index is 0.154. The van der Waals surface area contributed by atoms with E-state index < -0.39 is 0 Å². The molecule has 0 spiro atoms. The molecule has 176 valence electrons. The number of fused-ring (bicyclic) bond motifs is 1. The van der Waals surface area contributed by atoms with Crippen LogP contribution >= 0.6 is 0 Å². The molecule has 4 rings (SSSR count). The van der Waals surface area contributed by atoms with Gasteiger partial charge in [0.2, 0.25) is 0 Å². The minimum Gasteiger partial charge on any atom is -0.489 e. The summed E-state index contributed by atoms with van der Waals surface area (Å²) in [5.74, 6) is 0.379. The molecule has 6 nitrogen and oxygen atoms in total. The summed E-state index contributed by atoms with van der Waals surface area (Å²) in [7, 11) is 1.62. The highest BCUT2D eigenvalue weighted by Gasteiger charge is 2.13. The highest BCUT2D eigenvalue weighted by atomic mass is 16.5. The first-order valence-electron chi connectivity index (χ1n) is 11.3. The summed E-state index contributed by atoms with van der Waals surface area (Å²) in [6, 6.07) is 21.8. The highest BCUT2D eigenvalue weighted by molar-refractivity contribution is 5.93. The van der Waals surface area contributed by atoms with Crippen LogP contribution in [0.2, 0.25) is 0 Å². The Labute approximate surface area is 199 Å². The van der Waals surface area contributed by atoms with Crippen LogP contribution in [0.5, 0.6) is 5.75 Å². The van der Waals surface area contributed by atoms with Crippen molar-refractivity contribution in [2.45, 2.75) is 26.0 Å². The molecular formula is C28H29NO5. The number of carbonyl (C=O) groups is 1. The lowest BCUT2D eigenvalue weighted by Gasteiger charge is -2.13. The van der Waals surface area contributed by atoms with Crippen LogP contribution in [0.25, 0.3) is 22.1 Å². The van der Waals surface area contributed by atoms with Crippen molar-refractivity contribution in [2.24, 2.45) is 5.73 Å². The van der Waals surface area contributed by atoms with Gasteiger partial charge >= 0.3 is 5.97 Å². The van der Waals surface area contributed by atoms with Crippen LogP contribution in [0, 0.1) is 0 Å². The number of benzene rings is 3. The van der Waals surface area contributed by atoms with E-state index in [-0.39, 0.29) is 12.4 Å². The van der Waals surface area contributed by atoms with Crippen LogP contribution < -0.4 is 10.5 Å². The van der Waals surface area contributed by atoms with Gasteiger partial charge in [0, 0.05) is 43.2 Å². The summed E-state index contributed by atoms with van der Waals surface area (Å²) < 4.78 is 22.2. The third-order valence-electron chi connectivity index (χ3n) is 5.54. The van der Waals surface area contributed by atoms with E-state index in [4.69, 9.17) is 24.4 Å². The second-order valence-electron chi connectivity index (χ2n) is 8.03. The molecule has 1 aromatic heterocycles. The van der Waals surface area contributed by atoms with Crippen LogP contribution in [-0.2, 0) is 33.8 Å². The number of hydrogen-bond donors (Lipinski definition) is 1. The molecule has 0 atom stereocenters. The van der Waals surface area contributed by atoms with Crippen molar-refractivity contribution < 1.29 is 23.4 Å². The first kappa shape index (κ1) is 23.5. The van der Waals surface area contributed by atoms with Gasteiger partial charge in [0.15, 0.2) is 0 Å². The molecule has 3 aromatic carbocycles. The van der Waals surface area contributed by atoms with Crippen molar-refractivity contribution in [3.8, 4) is 16.9 Å². The van der Waals surface area contributed by atoms with Crippen molar-refractivity contribution in [1.29, 1.82) is 0 Å². The number of furan rings is 1. The third kappa shape index (κ3) is 5.84. The Bertz CT molecular complexity index is 1250. The van der Waals surface area contributed by atoms with Crippen LogP contribution in [-0.4, -0.2) is 26.3 Å². The quantitative estimate of drug-likeness (QED) is 0.243. The average molecular weight is 460 g/mol. The van der Waals surface area contributed by atoms with Gasteiger partial charge in [-0.25, -0.2) is 0 Å². The Morgan fingerprint density at radius 3 is 2.71 bits per heavy atom. The number of rotatable bonds is 11. The van der Waals surface area contributed by atoms with Gasteiger partial charge in [-0.2, -0.15) is 0 Å². The number of nitrogens with two attached hydrogens (primary N) is 1. The van der Waals surface area contributed by atoms with Gasteiger partial charge in [-0.1, -0.05) is 36.4 Å². The van der Waals surface area contributed by atoms with Gasteiger partial charge in [0.25, 0.3) is 0 Å². The first-order valence-corrected chi connectivity index (χ1v) is 11.3. The molecule has 0 saturated carbocycles. The highest BCUT2D eigenvalue weighted by Crippen LogP contribution is 2.32. The van der Waals surface area contributed by atoms with Gasteiger partial charge in [-0.3, -0.25) is 4.79 Å². The molecule has 4 aromatic rings. The zero-order valence-electron chi connectivity index (χ0n) is 19.3. The number of esters is 1. The Kier molecular flexibility index (Phi) is 7.96. The molecular weight excluding hydrogens is 430 g/mol. The Morgan fingerprint density at radius 2 is 1.85 bits per heavy atom. The molecule has 0 radical (unpaired) electrons. The predicted molar refractivity (Wildman–Crippen MR) is 131 cm³/mol. The van der Waals surface area contributed by atoms with Crippen LogP contribution in [0.1, 0.15) is 23.1 Å². The summed E-state index contributed by atoms with van der Waals surface area (Å²) in [6.45, 7) is 1.73. The zero-order chi connectivity index (χ0) is 23.8. The topological polar surface area (TPSA) is 83.9 Å². The number of carbonyl (C=O) groups excluding carboxylic acids is 1. The lowest BCUT2D eigenvalue weighted by Crippen LogP contribution is -2.11. The number of methoxy groups -OCH3 is 1. The van der Waals surface area contributed by atoms with Crippen molar-refractivity contribution in [3.05, 3.63) is 89.7 Å². The summed E-state index contributed by atoms with van der Waals surface area (Å²) in [5.41, 5.74) is 11.5. The normalized spacial score (nSPS) is 11.0. The molecule has 0 fully saturated rings. The molecule has 34 heavy (non-hydrogen) atoms.